The van der Waals surface area contributed by atoms with Crippen LogP contribution in [-0.4, -0.2) is 33.3 Å². The van der Waals surface area contributed by atoms with E-state index in [2.05, 4.69) is 59.9 Å². The molecular weight excluding hydrogens is 399 g/mol. The number of hydrogen-bond donors (Lipinski definition) is 0. The van der Waals surface area contributed by atoms with Gasteiger partial charge in [0.1, 0.15) is 0 Å². The third-order valence-corrected chi connectivity index (χ3v) is 10.3. The number of hydrogen-bond acceptors (Lipinski definition) is 4. The molecule has 0 aliphatic carbocycles. The van der Waals surface area contributed by atoms with E-state index in [1.165, 1.54) is 5.57 Å². The Morgan fingerprint density at radius 3 is 2.10 bits per heavy atom. The topological polar surface area (TPSA) is 52.6 Å². The monoisotopic (exact) mass is 442 g/mol. The largest absolute Gasteiger partial charge is 1.00 e. The van der Waals surface area contributed by atoms with Crippen molar-refractivity contribution in [3.63, 3.8) is 0 Å². The molecule has 0 spiro atoms. The van der Waals surface area contributed by atoms with Gasteiger partial charge in [0.25, 0.3) is 0 Å². The van der Waals surface area contributed by atoms with Crippen molar-refractivity contribution in [2.24, 2.45) is 5.41 Å². The predicted molar refractivity (Wildman–Crippen MR) is 129 cm³/mol. The number of ether oxygens (including phenoxy) is 1. The fourth-order valence-electron chi connectivity index (χ4n) is 2.30. The number of rotatable bonds is 12. The van der Waals surface area contributed by atoms with Crippen LogP contribution in [0, 0.1) is 12.3 Å². The first-order valence-corrected chi connectivity index (χ1v) is 13.7. The standard InChI is InChI=1S/C25H43O4Si.Li/c1-11-28-23(27)25(8,22(4)26)18-17-20(2)15-13-12-14-16-21(3)19-29-30(9,10)24(5,6)7;/h13,15-17H,4,11-12,14,18-19H2,1-3,5-10H3;/q-1;+1/b15-13+,20-17+,21-16+;. The van der Waals surface area contributed by atoms with Crippen LogP contribution >= 0.6 is 0 Å². The molecule has 0 rings (SSSR count). The SMILES string of the molecule is [CH2-]C(=O)C(C)(C/C=C(C)/C=C/CC/C=C(\C)CO[Si](C)(C)C(C)(C)C)C(=O)OCC.[Li+]. The average molecular weight is 443 g/mol. The summed E-state index contributed by atoms with van der Waals surface area (Å²) in [6.07, 6.45) is 10.4. The van der Waals surface area contributed by atoms with Crippen molar-refractivity contribution < 1.29 is 37.6 Å². The second-order valence-corrected chi connectivity index (χ2v) is 14.5. The molecule has 0 aromatic rings. The van der Waals surface area contributed by atoms with Gasteiger partial charge in [0.2, 0.25) is 0 Å². The second kappa shape index (κ2) is 14.2. The van der Waals surface area contributed by atoms with Crippen LogP contribution in [0.4, 0.5) is 0 Å². The van der Waals surface area contributed by atoms with Crippen LogP contribution < -0.4 is 18.9 Å². The molecular formula is C25H43LiO4Si. The van der Waals surface area contributed by atoms with E-state index in [1.54, 1.807) is 13.8 Å². The van der Waals surface area contributed by atoms with Gasteiger partial charge in [-0.15, -0.1) is 0 Å². The fourth-order valence-corrected chi connectivity index (χ4v) is 3.32. The van der Waals surface area contributed by atoms with Gasteiger partial charge in [-0.1, -0.05) is 56.2 Å². The minimum atomic E-state index is -1.71. The molecule has 0 aliphatic rings. The maximum atomic E-state index is 12.1. The molecule has 0 radical (unpaired) electrons. The molecule has 31 heavy (non-hydrogen) atoms. The molecule has 1 atom stereocenters. The van der Waals surface area contributed by atoms with Gasteiger partial charge in [0, 0.05) is 5.78 Å². The summed E-state index contributed by atoms with van der Waals surface area (Å²) in [5.74, 6) is -0.937. The van der Waals surface area contributed by atoms with Crippen molar-refractivity contribution >= 4 is 20.1 Å². The normalized spacial score (nSPS) is 15.4. The Bertz CT molecular complexity index is 671. The Morgan fingerprint density at radius 2 is 1.61 bits per heavy atom. The van der Waals surface area contributed by atoms with Gasteiger partial charge >= 0.3 is 24.8 Å². The van der Waals surface area contributed by atoms with E-state index < -0.39 is 25.5 Å². The quantitative estimate of drug-likeness (QED) is 0.0881. The molecule has 0 fully saturated rings. The molecule has 0 heterocycles. The van der Waals surface area contributed by atoms with Gasteiger partial charge in [-0.2, -0.15) is 0 Å². The second-order valence-electron chi connectivity index (χ2n) is 9.71. The van der Waals surface area contributed by atoms with Gasteiger partial charge in [-0.25, -0.2) is 0 Å². The van der Waals surface area contributed by atoms with Crippen LogP contribution in [0.5, 0.6) is 0 Å². The van der Waals surface area contributed by atoms with Crippen molar-refractivity contribution in [2.75, 3.05) is 13.2 Å². The number of esters is 1. The van der Waals surface area contributed by atoms with Crippen LogP contribution in [0.15, 0.2) is 35.5 Å². The van der Waals surface area contributed by atoms with Crippen LogP contribution in [0.25, 0.3) is 0 Å². The summed E-state index contributed by atoms with van der Waals surface area (Å²) < 4.78 is 11.3. The summed E-state index contributed by atoms with van der Waals surface area (Å²) in [6, 6.07) is 0. The van der Waals surface area contributed by atoms with Gasteiger partial charge in [-0.3, -0.25) is 4.79 Å². The molecule has 0 saturated carbocycles. The van der Waals surface area contributed by atoms with Gasteiger partial charge in [-0.05, 0) is 65.1 Å². The van der Waals surface area contributed by atoms with Crippen molar-refractivity contribution in [3.8, 4) is 0 Å². The molecule has 0 aromatic carbocycles. The Kier molecular flexibility index (Phi) is 14.8. The third kappa shape index (κ3) is 11.4. The Balaban J connectivity index is 0. The van der Waals surface area contributed by atoms with E-state index in [4.69, 9.17) is 9.16 Å². The number of Topliss-reactive ketones (excluding diaryl/α,β-unsaturated/α-hetero) is 1. The zero-order chi connectivity index (χ0) is 23.6. The summed E-state index contributed by atoms with van der Waals surface area (Å²) >= 11 is 0. The molecule has 4 nitrogen and oxygen atoms in total. The van der Waals surface area contributed by atoms with E-state index in [0.717, 1.165) is 18.4 Å². The summed E-state index contributed by atoms with van der Waals surface area (Å²) in [4.78, 5) is 24.0. The first kappa shape index (κ1) is 32.2. The number of allylic oxidation sites excluding steroid dienone is 5. The predicted octanol–water partition coefficient (Wildman–Crippen LogP) is 3.60. The van der Waals surface area contributed by atoms with Crippen molar-refractivity contribution in [3.05, 3.63) is 42.4 Å². The first-order valence-electron chi connectivity index (χ1n) is 10.8. The number of ketones is 1. The van der Waals surface area contributed by atoms with Crippen molar-refractivity contribution in [1.29, 1.82) is 0 Å². The van der Waals surface area contributed by atoms with Crippen LogP contribution in [-0.2, 0) is 18.8 Å². The van der Waals surface area contributed by atoms with Gasteiger partial charge < -0.3 is 20.9 Å². The van der Waals surface area contributed by atoms with Crippen LogP contribution in [0.2, 0.25) is 18.1 Å². The maximum Gasteiger partial charge on any atom is 1.00 e. The summed E-state index contributed by atoms with van der Waals surface area (Å²) in [6.45, 7) is 23.1. The Hall–Kier alpha value is -0.996. The summed E-state index contributed by atoms with van der Waals surface area (Å²) in [5.41, 5.74) is 1.04. The van der Waals surface area contributed by atoms with Crippen molar-refractivity contribution in [1.82, 2.24) is 0 Å². The minimum Gasteiger partial charge on any atom is -0.465 e. The molecule has 0 bridgehead atoms. The Morgan fingerprint density at radius 1 is 1.03 bits per heavy atom. The third-order valence-electron chi connectivity index (χ3n) is 5.85. The molecule has 0 amide bonds. The fraction of sp³-hybridized carbons (Fsp3) is 0.640. The smallest absolute Gasteiger partial charge is 0.465 e. The number of unbranched alkanes of at least 4 members (excludes halogenated alkanes) is 1. The summed E-state index contributed by atoms with van der Waals surface area (Å²) in [5, 5.41) is 0.224. The van der Waals surface area contributed by atoms with Gasteiger partial charge in [0.05, 0.1) is 18.6 Å². The maximum absolute atomic E-state index is 12.1. The zero-order valence-electron chi connectivity index (χ0n) is 21.7. The molecule has 6 heteroatoms. The molecule has 0 aromatic heterocycles. The van der Waals surface area contributed by atoms with E-state index in [-0.39, 0.29) is 36.9 Å². The van der Waals surface area contributed by atoms with Crippen LogP contribution in [0.3, 0.4) is 0 Å². The van der Waals surface area contributed by atoms with E-state index >= 15 is 0 Å². The average Bonchev–Trinajstić information content (AvgIpc) is 2.63. The van der Waals surface area contributed by atoms with Gasteiger partial charge in [0.15, 0.2) is 8.32 Å². The molecule has 1 unspecified atom stereocenters. The van der Waals surface area contributed by atoms with E-state index in [9.17, 15) is 9.59 Å². The first-order chi connectivity index (χ1) is 13.7. The van der Waals surface area contributed by atoms with E-state index in [1.807, 2.05) is 19.1 Å². The molecule has 0 N–H and O–H groups in total. The molecule has 0 aliphatic heterocycles. The minimum absolute atomic E-state index is 0. The van der Waals surface area contributed by atoms with E-state index in [0.29, 0.717) is 6.61 Å². The zero-order valence-corrected chi connectivity index (χ0v) is 22.7. The van der Waals surface area contributed by atoms with Crippen molar-refractivity contribution in [2.45, 2.75) is 85.9 Å². The number of carbonyl (C=O) groups is 2. The summed E-state index contributed by atoms with van der Waals surface area (Å²) in [7, 11) is -1.71. The molecule has 0 saturated heterocycles. The number of carbonyl (C=O) groups excluding carboxylic acids is 2. The Labute approximate surface area is 204 Å². The van der Waals surface area contributed by atoms with Crippen LogP contribution in [0.1, 0.15) is 67.7 Å². The molecule has 172 valence electrons.